The molecule has 1 aromatic carbocycles. The molecule has 0 saturated carbocycles. The molecule has 33 heavy (non-hydrogen) atoms. The van der Waals surface area contributed by atoms with Gasteiger partial charge in [0.25, 0.3) is 5.56 Å². The van der Waals surface area contributed by atoms with Gasteiger partial charge in [0.15, 0.2) is 0 Å². The molecule has 3 heterocycles. The number of nitrogens with one attached hydrogen (secondary N) is 2. The van der Waals surface area contributed by atoms with E-state index < -0.39 is 10.0 Å². The molecule has 0 aliphatic carbocycles. The molecule has 4 rings (SSSR count). The molecular formula is C23H28N4O4S2. The second-order valence-electron chi connectivity index (χ2n) is 8.16. The maximum Gasteiger partial charge on any atom is 0.264 e. The highest BCUT2D eigenvalue weighted by Gasteiger charge is 2.23. The molecule has 8 nitrogen and oxygen atoms in total. The van der Waals surface area contributed by atoms with Crippen LogP contribution in [0.4, 0.5) is 0 Å². The van der Waals surface area contributed by atoms with Crippen LogP contribution in [0.25, 0.3) is 10.6 Å². The largest absolute Gasteiger partial charge is 0.497 e. The maximum atomic E-state index is 12.7. The lowest BCUT2D eigenvalue weighted by molar-refractivity contribution is 0.187. The van der Waals surface area contributed by atoms with Crippen LogP contribution < -0.4 is 15.0 Å². The maximum absolute atomic E-state index is 12.7. The normalized spacial score (nSPS) is 15.5. The number of hydrogen-bond acceptors (Lipinski definition) is 7. The summed E-state index contributed by atoms with van der Waals surface area (Å²) in [6, 6.07) is 14.4. The van der Waals surface area contributed by atoms with Gasteiger partial charge in [-0.3, -0.25) is 4.79 Å². The third kappa shape index (κ3) is 6.29. The summed E-state index contributed by atoms with van der Waals surface area (Å²) >= 11 is 1.14. The highest BCUT2D eigenvalue weighted by atomic mass is 32.2. The summed E-state index contributed by atoms with van der Waals surface area (Å²) in [7, 11) is -1.91. The first-order chi connectivity index (χ1) is 15.9. The van der Waals surface area contributed by atoms with E-state index in [-0.39, 0.29) is 9.77 Å². The lowest BCUT2D eigenvalue weighted by Gasteiger charge is -2.32. The summed E-state index contributed by atoms with van der Waals surface area (Å²) in [6.07, 6.45) is 2.94. The third-order valence-corrected chi connectivity index (χ3v) is 8.95. The van der Waals surface area contributed by atoms with E-state index in [9.17, 15) is 13.2 Å². The summed E-state index contributed by atoms with van der Waals surface area (Å²) in [6.45, 7) is 3.40. The monoisotopic (exact) mass is 488 g/mol. The van der Waals surface area contributed by atoms with Gasteiger partial charge in [0.2, 0.25) is 10.0 Å². The van der Waals surface area contributed by atoms with Gasteiger partial charge in [0.05, 0.1) is 12.0 Å². The molecule has 0 unspecified atom stereocenters. The third-order valence-electron chi connectivity index (χ3n) is 5.92. The SMILES string of the molecule is COc1ccc(CCN2CCC(CNS(=O)(=O)c3ccc(-c4ccc(=O)[nH]n4)s3)CC2)cc1. The quantitative estimate of drug-likeness (QED) is 0.480. The number of methoxy groups -OCH3 is 1. The number of sulfonamides is 1. The fourth-order valence-electron chi connectivity index (χ4n) is 3.88. The number of ether oxygens (including phenoxy) is 1. The van der Waals surface area contributed by atoms with E-state index in [4.69, 9.17) is 4.74 Å². The summed E-state index contributed by atoms with van der Waals surface area (Å²) in [4.78, 5) is 14.3. The minimum absolute atomic E-state index is 0.252. The van der Waals surface area contributed by atoms with Gasteiger partial charge in [-0.15, -0.1) is 11.3 Å². The molecule has 1 fully saturated rings. The average molecular weight is 489 g/mol. The second kappa shape index (κ2) is 10.6. The van der Waals surface area contributed by atoms with Gasteiger partial charge >= 0.3 is 0 Å². The molecule has 0 amide bonds. The molecule has 0 radical (unpaired) electrons. The van der Waals surface area contributed by atoms with Crippen LogP contribution in [0.5, 0.6) is 5.75 Å². The Morgan fingerprint density at radius 3 is 2.55 bits per heavy atom. The van der Waals surface area contributed by atoms with E-state index in [1.165, 1.54) is 11.6 Å². The van der Waals surface area contributed by atoms with Crippen LogP contribution in [0.3, 0.4) is 0 Å². The Morgan fingerprint density at radius 1 is 1.12 bits per heavy atom. The van der Waals surface area contributed by atoms with Crippen molar-refractivity contribution in [3.63, 3.8) is 0 Å². The fourth-order valence-corrected chi connectivity index (χ4v) is 6.31. The zero-order valence-corrected chi connectivity index (χ0v) is 20.1. The predicted octanol–water partition coefficient (Wildman–Crippen LogP) is 2.74. The van der Waals surface area contributed by atoms with Crippen LogP contribution in [-0.2, 0) is 16.4 Å². The lowest BCUT2D eigenvalue weighted by atomic mass is 9.97. The molecule has 176 valence electrons. The average Bonchev–Trinajstić information content (AvgIpc) is 3.34. The number of aromatic nitrogens is 2. The fraction of sp³-hybridized carbons (Fsp3) is 0.391. The van der Waals surface area contributed by atoms with Gasteiger partial charge in [-0.05, 0) is 74.2 Å². The topological polar surface area (TPSA) is 104 Å². The molecule has 10 heteroatoms. The molecule has 1 aliphatic rings. The Hall–Kier alpha value is -2.53. The Labute approximate surface area is 197 Å². The van der Waals surface area contributed by atoms with E-state index in [0.29, 0.717) is 23.0 Å². The summed E-state index contributed by atoms with van der Waals surface area (Å²) in [5.74, 6) is 1.20. The molecule has 3 aromatic rings. The van der Waals surface area contributed by atoms with Crippen molar-refractivity contribution >= 4 is 21.4 Å². The first kappa shape index (κ1) is 23.6. The van der Waals surface area contributed by atoms with Crippen molar-refractivity contribution in [1.29, 1.82) is 0 Å². The zero-order valence-electron chi connectivity index (χ0n) is 18.5. The zero-order chi connectivity index (χ0) is 23.3. The number of nitrogens with zero attached hydrogens (tertiary/aromatic N) is 2. The van der Waals surface area contributed by atoms with Crippen LogP contribution in [0.15, 0.2) is 57.5 Å². The number of thiophene rings is 1. The standard InChI is InChI=1S/C23H28N4O4S2/c1-31-19-4-2-17(3-5-19)10-13-27-14-11-18(12-15-27)16-24-33(29,30)23-9-7-21(32-23)20-6-8-22(28)26-25-20/h2-9,18,24H,10-16H2,1H3,(H,26,28). The molecule has 0 spiro atoms. The van der Waals surface area contributed by atoms with Crippen molar-refractivity contribution in [2.24, 2.45) is 5.92 Å². The van der Waals surface area contributed by atoms with Crippen LogP contribution in [-0.4, -0.2) is 56.8 Å². The van der Waals surface area contributed by atoms with Crippen molar-refractivity contribution < 1.29 is 13.2 Å². The van der Waals surface area contributed by atoms with Crippen LogP contribution in [0.2, 0.25) is 0 Å². The molecule has 1 saturated heterocycles. The van der Waals surface area contributed by atoms with Crippen molar-refractivity contribution in [2.75, 3.05) is 33.3 Å². The van der Waals surface area contributed by atoms with E-state index in [1.54, 1.807) is 25.3 Å². The van der Waals surface area contributed by atoms with Crippen LogP contribution in [0.1, 0.15) is 18.4 Å². The number of rotatable bonds is 9. The van der Waals surface area contributed by atoms with E-state index in [2.05, 4.69) is 32.0 Å². The minimum atomic E-state index is -3.58. The van der Waals surface area contributed by atoms with Gasteiger partial charge in [-0.2, -0.15) is 5.10 Å². The van der Waals surface area contributed by atoms with Gasteiger partial charge in [0.1, 0.15) is 15.7 Å². The van der Waals surface area contributed by atoms with Gasteiger partial charge in [0, 0.05) is 19.2 Å². The smallest absolute Gasteiger partial charge is 0.264 e. The number of H-pyrrole nitrogens is 1. The second-order valence-corrected chi connectivity index (χ2v) is 11.2. The molecule has 0 atom stereocenters. The Kier molecular flexibility index (Phi) is 7.59. The van der Waals surface area contributed by atoms with E-state index in [1.807, 2.05) is 12.1 Å². The summed E-state index contributed by atoms with van der Waals surface area (Å²) in [5.41, 5.74) is 1.54. The van der Waals surface area contributed by atoms with Gasteiger partial charge in [-0.25, -0.2) is 18.2 Å². The summed E-state index contributed by atoms with van der Waals surface area (Å²) in [5, 5.41) is 6.33. The van der Waals surface area contributed by atoms with Gasteiger partial charge in [-0.1, -0.05) is 12.1 Å². The van der Waals surface area contributed by atoms with Crippen LogP contribution in [0, 0.1) is 5.92 Å². The Balaban J connectivity index is 1.23. The Bertz CT molecular complexity index is 1190. The van der Waals surface area contributed by atoms with E-state index >= 15 is 0 Å². The lowest BCUT2D eigenvalue weighted by Crippen LogP contribution is -2.39. The van der Waals surface area contributed by atoms with Gasteiger partial charge < -0.3 is 9.64 Å². The highest BCUT2D eigenvalue weighted by Crippen LogP contribution is 2.29. The molecule has 0 bridgehead atoms. The van der Waals surface area contributed by atoms with Crippen molar-refractivity contribution in [1.82, 2.24) is 19.8 Å². The number of likely N-dealkylation sites (tertiary alicyclic amines) is 1. The minimum Gasteiger partial charge on any atom is -0.497 e. The predicted molar refractivity (Wildman–Crippen MR) is 129 cm³/mol. The highest BCUT2D eigenvalue weighted by molar-refractivity contribution is 7.91. The van der Waals surface area contributed by atoms with Crippen molar-refractivity contribution in [3.8, 4) is 16.3 Å². The Morgan fingerprint density at radius 2 is 1.88 bits per heavy atom. The van der Waals surface area contributed by atoms with Crippen molar-refractivity contribution in [3.05, 3.63) is 64.4 Å². The molecule has 2 aromatic heterocycles. The number of benzene rings is 1. The summed E-state index contributed by atoms with van der Waals surface area (Å²) < 4.78 is 33.7. The van der Waals surface area contributed by atoms with E-state index in [0.717, 1.165) is 56.0 Å². The first-order valence-corrected chi connectivity index (χ1v) is 13.2. The molecular weight excluding hydrogens is 460 g/mol. The number of hydrogen-bond donors (Lipinski definition) is 2. The number of aromatic amines is 1. The number of piperidine rings is 1. The first-order valence-electron chi connectivity index (χ1n) is 10.9. The van der Waals surface area contributed by atoms with Crippen molar-refractivity contribution in [2.45, 2.75) is 23.5 Å². The molecule has 2 N–H and O–H groups in total. The van der Waals surface area contributed by atoms with Crippen LogP contribution >= 0.6 is 11.3 Å². The molecule has 1 aliphatic heterocycles.